The van der Waals surface area contributed by atoms with E-state index in [1.54, 1.807) is 7.11 Å². The van der Waals surface area contributed by atoms with Crippen LogP contribution in [0.1, 0.15) is 65.2 Å². The van der Waals surface area contributed by atoms with Crippen LogP contribution in [0.4, 0.5) is 0 Å². The Bertz CT molecular complexity index is 369. The summed E-state index contributed by atoms with van der Waals surface area (Å²) in [7, 11) is 1.72. The molecule has 0 amide bonds. The smallest absolute Gasteiger partial charge is 0.139 e. The van der Waals surface area contributed by atoms with Crippen LogP contribution in [0.3, 0.4) is 0 Å². The summed E-state index contributed by atoms with van der Waals surface area (Å²) in [5.74, 6) is 1.36. The Hall–Kier alpha value is -0.370. The van der Waals surface area contributed by atoms with Crippen molar-refractivity contribution in [3.8, 4) is 0 Å². The van der Waals surface area contributed by atoms with E-state index in [4.69, 9.17) is 4.74 Å². The Morgan fingerprint density at radius 1 is 1.11 bits per heavy atom. The van der Waals surface area contributed by atoms with Crippen molar-refractivity contribution in [2.45, 2.75) is 65.2 Å². The van der Waals surface area contributed by atoms with Gasteiger partial charge in [0.15, 0.2) is 0 Å². The van der Waals surface area contributed by atoms with Crippen LogP contribution in [0.5, 0.6) is 0 Å². The lowest BCUT2D eigenvalue weighted by Gasteiger charge is -2.64. The Morgan fingerprint density at radius 2 is 1.74 bits per heavy atom. The average molecular weight is 264 g/mol. The molecule has 0 saturated heterocycles. The molecule has 4 bridgehead atoms. The number of methoxy groups -OCH3 is 1. The third-order valence-electron chi connectivity index (χ3n) is 5.97. The maximum atomic E-state index is 12.8. The van der Waals surface area contributed by atoms with Crippen LogP contribution >= 0.6 is 0 Å². The van der Waals surface area contributed by atoms with Gasteiger partial charge in [0, 0.05) is 25.6 Å². The van der Waals surface area contributed by atoms with Crippen molar-refractivity contribution in [2.75, 3.05) is 13.7 Å². The van der Waals surface area contributed by atoms with Gasteiger partial charge in [-0.3, -0.25) is 4.79 Å². The van der Waals surface area contributed by atoms with Crippen molar-refractivity contribution in [1.29, 1.82) is 0 Å². The van der Waals surface area contributed by atoms with E-state index in [9.17, 15) is 4.79 Å². The maximum Gasteiger partial charge on any atom is 0.139 e. The number of carbonyl (C=O) groups excluding carboxylic acids is 1. The van der Waals surface area contributed by atoms with Crippen molar-refractivity contribution in [2.24, 2.45) is 22.2 Å². The highest BCUT2D eigenvalue weighted by Gasteiger charge is 2.62. The van der Waals surface area contributed by atoms with Gasteiger partial charge < -0.3 is 4.74 Å². The average Bonchev–Trinajstić information content (AvgIpc) is 2.24. The SMILES string of the molecule is COCCCC(=O)C12CC3CC(C)(CC(C)(C3)C1)C2. The van der Waals surface area contributed by atoms with Crippen molar-refractivity contribution < 1.29 is 9.53 Å². The van der Waals surface area contributed by atoms with Crippen molar-refractivity contribution in [3.05, 3.63) is 0 Å². The zero-order valence-corrected chi connectivity index (χ0v) is 12.8. The summed E-state index contributed by atoms with van der Waals surface area (Å²) < 4.78 is 5.10. The van der Waals surface area contributed by atoms with Gasteiger partial charge in [0.25, 0.3) is 0 Å². The second-order valence-electron chi connectivity index (χ2n) is 8.43. The molecule has 0 aromatic carbocycles. The fourth-order valence-corrected chi connectivity index (χ4v) is 6.40. The molecular weight excluding hydrogens is 236 g/mol. The highest BCUT2D eigenvalue weighted by Crippen LogP contribution is 2.69. The van der Waals surface area contributed by atoms with E-state index < -0.39 is 0 Å². The van der Waals surface area contributed by atoms with Crippen LogP contribution in [-0.2, 0) is 9.53 Å². The molecule has 0 N–H and O–H groups in total. The second-order valence-corrected chi connectivity index (χ2v) is 8.43. The molecule has 2 nitrogen and oxygen atoms in total. The minimum Gasteiger partial charge on any atom is -0.385 e. The number of ether oxygens (including phenoxy) is 1. The molecule has 0 aromatic heterocycles. The monoisotopic (exact) mass is 264 g/mol. The summed E-state index contributed by atoms with van der Waals surface area (Å²) >= 11 is 0. The van der Waals surface area contributed by atoms with Gasteiger partial charge in [-0.2, -0.15) is 0 Å². The van der Waals surface area contributed by atoms with Gasteiger partial charge in [0.05, 0.1) is 0 Å². The van der Waals surface area contributed by atoms with Crippen LogP contribution < -0.4 is 0 Å². The first kappa shape index (κ1) is 13.6. The lowest BCUT2D eigenvalue weighted by molar-refractivity contribution is -0.168. The predicted octanol–water partition coefficient (Wildman–Crippen LogP) is 3.98. The third-order valence-corrected chi connectivity index (χ3v) is 5.97. The van der Waals surface area contributed by atoms with E-state index in [1.807, 2.05) is 0 Å². The Labute approximate surface area is 117 Å². The Morgan fingerprint density at radius 3 is 2.26 bits per heavy atom. The fraction of sp³-hybridized carbons (Fsp3) is 0.941. The second kappa shape index (κ2) is 4.31. The topological polar surface area (TPSA) is 26.3 Å². The number of rotatable bonds is 5. The first-order chi connectivity index (χ1) is 8.89. The maximum absolute atomic E-state index is 12.8. The first-order valence-corrected chi connectivity index (χ1v) is 7.91. The molecule has 4 aliphatic carbocycles. The molecule has 0 aliphatic heterocycles. The molecule has 4 aliphatic rings. The molecule has 4 fully saturated rings. The highest BCUT2D eigenvalue weighted by molar-refractivity contribution is 5.85. The molecule has 4 rings (SSSR count). The number of Topliss-reactive ketones (excluding diaryl/α,β-unsaturated/α-hetero) is 1. The Kier molecular flexibility index (Phi) is 3.09. The normalized spacial score (nSPS) is 47.6. The molecular formula is C17H28O2. The fourth-order valence-electron chi connectivity index (χ4n) is 6.40. The molecule has 2 unspecified atom stereocenters. The van der Waals surface area contributed by atoms with Gasteiger partial charge in [0.1, 0.15) is 5.78 Å². The third kappa shape index (κ3) is 2.26. The zero-order chi connectivity index (χ0) is 13.7. The van der Waals surface area contributed by atoms with Gasteiger partial charge in [-0.15, -0.1) is 0 Å². The molecule has 0 spiro atoms. The van der Waals surface area contributed by atoms with E-state index >= 15 is 0 Å². The molecule has 4 saturated carbocycles. The minimum atomic E-state index is 0.0384. The van der Waals surface area contributed by atoms with Gasteiger partial charge in [0.2, 0.25) is 0 Å². The number of hydrogen-bond donors (Lipinski definition) is 0. The summed E-state index contributed by atoms with van der Waals surface area (Å²) in [5.41, 5.74) is 0.937. The highest BCUT2D eigenvalue weighted by atomic mass is 16.5. The lowest BCUT2D eigenvalue weighted by atomic mass is 9.39. The molecule has 0 aromatic rings. The van der Waals surface area contributed by atoms with Gasteiger partial charge in [-0.1, -0.05) is 13.8 Å². The van der Waals surface area contributed by atoms with Crippen LogP contribution in [0, 0.1) is 22.2 Å². The van der Waals surface area contributed by atoms with E-state index in [0.29, 0.717) is 16.6 Å². The van der Waals surface area contributed by atoms with E-state index in [0.717, 1.165) is 38.2 Å². The summed E-state index contributed by atoms with van der Waals surface area (Å²) in [6, 6.07) is 0. The van der Waals surface area contributed by atoms with Crippen LogP contribution in [0.2, 0.25) is 0 Å². The lowest BCUT2D eigenvalue weighted by Crippen LogP contribution is -2.57. The zero-order valence-electron chi connectivity index (χ0n) is 12.8. The van der Waals surface area contributed by atoms with E-state index in [-0.39, 0.29) is 5.41 Å². The molecule has 19 heavy (non-hydrogen) atoms. The Balaban J connectivity index is 1.78. The van der Waals surface area contributed by atoms with Crippen molar-refractivity contribution in [1.82, 2.24) is 0 Å². The molecule has 108 valence electrons. The van der Waals surface area contributed by atoms with E-state index in [2.05, 4.69) is 13.8 Å². The summed E-state index contributed by atoms with van der Waals surface area (Å²) in [5, 5.41) is 0. The largest absolute Gasteiger partial charge is 0.385 e. The predicted molar refractivity (Wildman–Crippen MR) is 76.0 cm³/mol. The summed E-state index contributed by atoms with van der Waals surface area (Å²) in [6.45, 7) is 5.60. The standard InChI is InChI=1S/C17H28O2/c1-15-7-13-8-16(2,10-15)12-17(9-13,11-15)14(18)5-4-6-19-3/h13H,4-12H2,1-3H3. The molecule has 0 radical (unpaired) electrons. The quantitative estimate of drug-likeness (QED) is 0.702. The molecule has 0 heterocycles. The van der Waals surface area contributed by atoms with Gasteiger partial charge >= 0.3 is 0 Å². The van der Waals surface area contributed by atoms with Crippen LogP contribution in [-0.4, -0.2) is 19.5 Å². The molecule has 2 atom stereocenters. The molecule has 2 heteroatoms. The van der Waals surface area contributed by atoms with Crippen LogP contribution in [0.25, 0.3) is 0 Å². The van der Waals surface area contributed by atoms with Gasteiger partial charge in [-0.05, 0) is 61.7 Å². The summed E-state index contributed by atoms with van der Waals surface area (Å²) in [4.78, 5) is 12.8. The van der Waals surface area contributed by atoms with Crippen molar-refractivity contribution in [3.63, 3.8) is 0 Å². The number of ketones is 1. The number of carbonyl (C=O) groups is 1. The summed E-state index contributed by atoms with van der Waals surface area (Å²) in [6.07, 6.45) is 9.23. The first-order valence-electron chi connectivity index (χ1n) is 7.91. The van der Waals surface area contributed by atoms with Crippen LogP contribution in [0.15, 0.2) is 0 Å². The van der Waals surface area contributed by atoms with Gasteiger partial charge in [-0.25, -0.2) is 0 Å². The number of hydrogen-bond acceptors (Lipinski definition) is 2. The van der Waals surface area contributed by atoms with Crippen molar-refractivity contribution >= 4 is 5.78 Å². The van der Waals surface area contributed by atoms with E-state index in [1.165, 1.54) is 25.7 Å². The minimum absolute atomic E-state index is 0.0384.